The van der Waals surface area contributed by atoms with Crippen molar-refractivity contribution >= 4 is 15.8 Å². The number of aromatic nitrogens is 2. The Balaban J connectivity index is 2.07. The van der Waals surface area contributed by atoms with Crippen LogP contribution in [-0.4, -0.2) is 37.0 Å². The molecule has 0 aliphatic carbocycles. The van der Waals surface area contributed by atoms with Gasteiger partial charge in [0.25, 0.3) is 0 Å². The van der Waals surface area contributed by atoms with E-state index in [9.17, 15) is 8.42 Å². The molecule has 0 radical (unpaired) electrons. The number of rotatable bonds is 5. The largest absolute Gasteiger partial charge is 0.364 e. The Kier molecular flexibility index (Phi) is 4.77. The van der Waals surface area contributed by atoms with Crippen molar-refractivity contribution in [3.63, 3.8) is 0 Å². The van der Waals surface area contributed by atoms with Crippen molar-refractivity contribution in [2.45, 2.75) is 25.3 Å². The van der Waals surface area contributed by atoms with Crippen LogP contribution in [0.5, 0.6) is 0 Å². The van der Waals surface area contributed by atoms with Gasteiger partial charge in [-0.15, -0.1) is 5.10 Å². The van der Waals surface area contributed by atoms with Gasteiger partial charge in [-0.2, -0.15) is 5.10 Å². The Hall–Kier alpha value is -1.99. The monoisotopic (exact) mass is 320 g/mol. The fourth-order valence-electron chi connectivity index (χ4n) is 1.82. The summed E-state index contributed by atoms with van der Waals surface area (Å²) in [5, 5.41) is 11.3. The molecule has 0 saturated carbocycles. The van der Waals surface area contributed by atoms with Crippen molar-refractivity contribution in [2.75, 3.05) is 19.4 Å². The number of anilines is 1. The van der Waals surface area contributed by atoms with Gasteiger partial charge in [-0.1, -0.05) is 12.1 Å². The molecule has 0 amide bonds. The smallest absolute Gasteiger partial charge is 0.242 e. The molecule has 0 bridgehead atoms. The number of nitrogens with zero attached hydrogens (tertiary/aromatic N) is 3. The second-order valence-corrected chi connectivity index (χ2v) is 7.43. The van der Waals surface area contributed by atoms with Crippen LogP contribution in [0.3, 0.4) is 0 Å². The summed E-state index contributed by atoms with van der Waals surface area (Å²) < 4.78 is 25.2. The molecule has 0 aliphatic heterocycles. The first-order valence-corrected chi connectivity index (χ1v) is 8.31. The van der Waals surface area contributed by atoms with E-state index in [-0.39, 0.29) is 4.90 Å². The summed E-state index contributed by atoms with van der Waals surface area (Å²) in [5.41, 5.74) is 2.95. The Labute approximate surface area is 131 Å². The molecule has 0 aliphatic rings. The topological polar surface area (TPSA) is 75.2 Å². The molecule has 1 aromatic heterocycles. The van der Waals surface area contributed by atoms with Gasteiger partial charge in [-0.25, -0.2) is 12.7 Å². The van der Waals surface area contributed by atoms with Crippen LogP contribution in [0.4, 0.5) is 5.82 Å². The van der Waals surface area contributed by atoms with Crippen molar-refractivity contribution in [3.05, 3.63) is 47.2 Å². The predicted molar refractivity (Wildman–Crippen MR) is 86.1 cm³/mol. The van der Waals surface area contributed by atoms with E-state index < -0.39 is 10.0 Å². The summed E-state index contributed by atoms with van der Waals surface area (Å²) >= 11 is 0. The Morgan fingerprint density at radius 2 is 1.73 bits per heavy atom. The average Bonchev–Trinajstić information content (AvgIpc) is 2.49. The highest BCUT2D eigenvalue weighted by atomic mass is 32.2. The maximum Gasteiger partial charge on any atom is 0.242 e. The minimum Gasteiger partial charge on any atom is -0.364 e. The Morgan fingerprint density at radius 3 is 2.27 bits per heavy atom. The fraction of sp³-hybridized carbons (Fsp3) is 0.333. The molecule has 22 heavy (non-hydrogen) atoms. The van der Waals surface area contributed by atoms with Gasteiger partial charge < -0.3 is 5.32 Å². The van der Waals surface area contributed by atoms with Crippen LogP contribution in [0.15, 0.2) is 35.2 Å². The minimum absolute atomic E-state index is 0.284. The summed E-state index contributed by atoms with van der Waals surface area (Å²) in [5.74, 6) is 0.702. The molecule has 2 aromatic rings. The molecule has 0 spiro atoms. The second-order valence-electron chi connectivity index (χ2n) is 5.28. The van der Waals surface area contributed by atoms with Gasteiger partial charge in [0, 0.05) is 20.6 Å². The number of sulfonamides is 1. The molecule has 0 unspecified atom stereocenters. The van der Waals surface area contributed by atoms with Gasteiger partial charge in [0.05, 0.1) is 10.6 Å². The maximum atomic E-state index is 12.0. The summed E-state index contributed by atoms with van der Waals surface area (Å²) in [6, 6.07) is 8.74. The highest BCUT2D eigenvalue weighted by Crippen LogP contribution is 2.15. The molecule has 0 fully saturated rings. The lowest BCUT2D eigenvalue weighted by Crippen LogP contribution is -2.22. The molecule has 7 heteroatoms. The fourth-order valence-corrected chi connectivity index (χ4v) is 2.72. The third-order valence-electron chi connectivity index (χ3n) is 3.41. The van der Waals surface area contributed by atoms with Gasteiger partial charge in [0.2, 0.25) is 10.0 Å². The zero-order chi connectivity index (χ0) is 16.3. The molecule has 6 nitrogen and oxygen atoms in total. The summed E-state index contributed by atoms with van der Waals surface area (Å²) in [6.45, 7) is 4.45. The van der Waals surface area contributed by atoms with Crippen LogP contribution >= 0.6 is 0 Å². The van der Waals surface area contributed by atoms with Crippen LogP contribution in [0.25, 0.3) is 0 Å². The zero-order valence-electron chi connectivity index (χ0n) is 13.2. The molecule has 0 atom stereocenters. The van der Waals surface area contributed by atoms with Crippen molar-refractivity contribution in [1.29, 1.82) is 0 Å². The van der Waals surface area contributed by atoms with Gasteiger partial charge in [-0.3, -0.25) is 0 Å². The highest BCUT2D eigenvalue weighted by Gasteiger charge is 2.16. The summed E-state index contributed by atoms with van der Waals surface area (Å²) in [4.78, 5) is 0.284. The standard InChI is InChI=1S/C15H20N4O2S/c1-11-9-15(18-17-12(11)2)16-10-13-5-7-14(8-6-13)22(20,21)19(3)4/h5-9H,10H2,1-4H3,(H,16,18). The number of hydrogen-bond donors (Lipinski definition) is 1. The van der Waals surface area contributed by atoms with Crippen molar-refractivity contribution < 1.29 is 8.42 Å². The minimum atomic E-state index is -3.38. The first-order valence-electron chi connectivity index (χ1n) is 6.87. The van der Waals surface area contributed by atoms with E-state index in [1.807, 2.05) is 19.9 Å². The molecule has 1 aromatic carbocycles. The lowest BCUT2D eigenvalue weighted by molar-refractivity contribution is 0.520. The lowest BCUT2D eigenvalue weighted by Gasteiger charge is -2.12. The number of hydrogen-bond acceptors (Lipinski definition) is 5. The van der Waals surface area contributed by atoms with Gasteiger partial charge >= 0.3 is 0 Å². The van der Waals surface area contributed by atoms with Gasteiger partial charge in [0.15, 0.2) is 0 Å². The van der Waals surface area contributed by atoms with E-state index >= 15 is 0 Å². The predicted octanol–water partition coefficient (Wildman–Crippen LogP) is 1.96. The highest BCUT2D eigenvalue weighted by molar-refractivity contribution is 7.89. The first kappa shape index (κ1) is 16.4. The normalized spacial score (nSPS) is 11.7. The van der Waals surface area contributed by atoms with Crippen LogP contribution in [0, 0.1) is 13.8 Å². The quantitative estimate of drug-likeness (QED) is 0.911. The van der Waals surface area contributed by atoms with Crippen LogP contribution in [0.2, 0.25) is 0 Å². The van der Waals surface area contributed by atoms with Crippen molar-refractivity contribution in [1.82, 2.24) is 14.5 Å². The van der Waals surface area contributed by atoms with E-state index in [1.165, 1.54) is 18.4 Å². The van der Waals surface area contributed by atoms with E-state index in [1.54, 1.807) is 24.3 Å². The zero-order valence-corrected chi connectivity index (χ0v) is 14.0. The van der Waals surface area contributed by atoms with Crippen LogP contribution < -0.4 is 5.32 Å². The van der Waals surface area contributed by atoms with Gasteiger partial charge in [-0.05, 0) is 43.2 Å². The van der Waals surface area contributed by atoms with E-state index in [2.05, 4.69) is 15.5 Å². The number of nitrogens with one attached hydrogen (secondary N) is 1. The molecular formula is C15H20N4O2S. The van der Waals surface area contributed by atoms with Crippen LogP contribution in [-0.2, 0) is 16.6 Å². The molecule has 2 rings (SSSR count). The van der Waals surface area contributed by atoms with Crippen molar-refractivity contribution in [3.8, 4) is 0 Å². The van der Waals surface area contributed by atoms with E-state index in [0.717, 1.165) is 16.8 Å². The SMILES string of the molecule is Cc1cc(NCc2ccc(S(=O)(=O)N(C)C)cc2)nnc1C. The molecule has 1 heterocycles. The third-order valence-corrected chi connectivity index (χ3v) is 5.24. The third kappa shape index (κ3) is 3.61. The Bertz CT molecular complexity index is 756. The average molecular weight is 320 g/mol. The van der Waals surface area contributed by atoms with Gasteiger partial charge in [0.1, 0.15) is 5.82 Å². The van der Waals surface area contributed by atoms with E-state index in [0.29, 0.717) is 12.4 Å². The van der Waals surface area contributed by atoms with Crippen LogP contribution in [0.1, 0.15) is 16.8 Å². The Morgan fingerprint density at radius 1 is 1.09 bits per heavy atom. The second kappa shape index (κ2) is 6.41. The lowest BCUT2D eigenvalue weighted by atomic mass is 10.2. The molecule has 0 saturated heterocycles. The summed E-state index contributed by atoms with van der Waals surface area (Å²) in [7, 11) is -0.346. The van der Waals surface area contributed by atoms with Crippen molar-refractivity contribution in [2.24, 2.45) is 0 Å². The number of benzene rings is 1. The number of aryl methyl sites for hydroxylation is 2. The molecular weight excluding hydrogens is 300 g/mol. The maximum absolute atomic E-state index is 12.0. The summed E-state index contributed by atoms with van der Waals surface area (Å²) in [6.07, 6.45) is 0. The van der Waals surface area contributed by atoms with E-state index in [4.69, 9.17) is 0 Å². The first-order chi connectivity index (χ1) is 10.3. The molecule has 118 valence electrons. The molecule has 1 N–H and O–H groups in total.